The van der Waals surface area contributed by atoms with Crippen LogP contribution in [-0.4, -0.2) is 35.5 Å². The van der Waals surface area contributed by atoms with E-state index in [1.807, 2.05) is 7.05 Å². The van der Waals surface area contributed by atoms with Gasteiger partial charge in [0.1, 0.15) is 0 Å². The summed E-state index contributed by atoms with van der Waals surface area (Å²) in [5.41, 5.74) is 0.345. The normalized spacial score (nSPS) is 17.8. The molecule has 0 aromatic heterocycles. The molecule has 3 heteroatoms. The maximum atomic E-state index is 3.60. The first-order valence-corrected chi connectivity index (χ1v) is 5.77. The molecule has 2 N–H and O–H groups in total. The van der Waals surface area contributed by atoms with Crippen LogP contribution in [0.3, 0.4) is 0 Å². The van der Waals surface area contributed by atoms with Crippen LogP contribution in [0, 0.1) is 5.41 Å². The van der Waals surface area contributed by atoms with Crippen molar-refractivity contribution < 1.29 is 0 Å². The summed E-state index contributed by atoms with van der Waals surface area (Å²) in [6.07, 6.45) is 0. The van der Waals surface area contributed by atoms with Crippen LogP contribution >= 0.6 is 0 Å². The molecule has 0 aliphatic heterocycles. The van der Waals surface area contributed by atoms with Crippen LogP contribution in [0.25, 0.3) is 0 Å². The zero-order chi connectivity index (χ0) is 9.83. The molecule has 1 atom stereocenters. The summed E-state index contributed by atoms with van der Waals surface area (Å²) >= 11 is 0. The minimum Gasteiger partial charge on any atom is -0.318 e. The van der Waals surface area contributed by atoms with E-state index in [4.69, 9.17) is 0 Å². The minimum absolute atomic E-state index is 0.316. The van der Waals surface area contributed by atoms with Crippen LogP contribution in [-0.2, 0) is 0 Å². The minimum atomic E-state index is 0.316. The second-order valence-electron chi connectivity index (χ2n) is 4.64. The van der Waals surface area contributed by atoms with E-state index in [1.54, 1.807) is 0 Å². The standard InChI is InChI=1S/C9H24N2Si/c1-6-11-9(12,7-10-5)8(2,3)4/h10-11H,6-7H2,1-5,12H3. The zero-order valence-electron chi connectivity index (χ0n) is 9.41. The van der Waals surface area contributed by atoms with Crippen LogP contribution in [0.1, 0.15) is 27.7 Å². The third-order valence-corrected chi connectivity index (χ3v) is 4.96. The molecular formula is C9H24N2Si. The van der Waals surface area contributed by atoms with Gasteiger partial charge < -0.3 is 10.6 Å². The van der Waals surface area contributed by atoms with E-state index in [2.05, 4.69) is 38.3 Å². The lowest BCUT2D eigenvalue weighted by Crippen LogP contribution is -2.60. The van der Waals surface area contributed by atoms with Gasteiger partial charge in [-0.3, -0.25) is 0 Å². The lowest BCUT2D eigenvalue weighted by atomic mass is 9.85. The van der Waals surface area contributed by atoms with E-state index in [0.29, 0.717) is 10.6 Å². The fourth-order valence-corrected chi connectivity index (χ4v) is 2.04. The predicted octanol–water partition coefficient (Wildman–Crippen LogP) is -0.0769. The molecule has 0 heterocycles. The van der Waals surface area contributed by atoms with E-state index in [0.717, 1.165) is 13.1 Å². The third kappa shape index (κ3) is 2.88. The van der Waals surface area contributed by atoms with Crippen molar-refractivity contribution >= 4 is 10.2 Å². The molecule has 1 unspecified atom stereocenters. The number of hydrogen-bond acceptors (Lipinski definition) is 2. The van der Waals surface area contributed by atoms with E-state index < -0.39 is 0 Å². The number of hydrogen-bond donors (Lipinski definition) is 2. The first-order valence-electron chi connectivity index (χ1n) is 4.77. The van der Waals surface area contributed by atoms with E-state index in [-0.39, 0.29) is 0 Å². The molecule has 0 radical (unpaired) electrons. The number of likely N-dealkylation sites (N-methyl/N-ethyl adjacent to an activating group) is 2. The molecule has 0 bridgehead atoms. The summed E-state index contributed by atoms with van der Waals surface area (Å²) in [6, 6.07) is 0. The average Bonchev–Trinajstić information content (AvgIpc) is 1.86. The van der Waals surface area contributed by atoms with Crippen molar-refractivity contribution in [2.24, 2.45) is 5.41 Å². The van der Waals surface area contributed by atoms with Crippen LogP contribution < -0.4 is 10.6 Å². The fraction of sp³-hybridized carbons (Fsp3) is 1.00. The molecule has 2 nitrogen and oxygen atoms in total. The molecule has 74 valence electrons. The smallest absolute Gasteiger partial charge is 0.0304 e. The Morgan fingerprint density at radius 1 is 1.25 bits per heavy atom. The molecule has 0 saturated heterocycles. The van der Waals surface area contributed by atoms with Crippen molar-refractivity contribution in [2.45, 2.75) is 32.9 Å². The molecular weight excluding hydrogens is 164 g/mol. The molecule has 12 heavy (non-hydrogen) atoms. The highest BCUT2D eigenvalue weighted by atomic mass is 28.1. The first-order chi connectivity index (χ1) is 5.37. The van der Waals surface area contributed by atoms with Crippen LogP contribution in [0.15, 0.2) is 0 Å². The van der Waals surface area contributed by atoms with Crippen molar-refractivity contribution in [3.05, 3.63) is 0 Å². The summed E-state index contributed by atoms with van der Waals surface area (Å²) < 4.78 is 0. The average molecular weight is 188 g/mol. The number of nitrogens with one attached hydrogen (secondary N) is 2. The van der Waals surface area contributed by atoms with E-state index >= 15 is 0 Å². The lowest BCUT2D eigenvalue weighted by molar-refractivity contribution is 0.224. The van der Waals surface area contributed by atoms with Crippen molar-refractivity contribution in [3.8, 4) is 0 Å². The Hall–Kier alpha value is 0.137. The summed E-state index contributed by atoms with van der Waals surface area (Å²) in [5.74, 6) is 0. The van der Waals surface area contributed by atoms with E-state index in [1.165, 1.54) is 10.2 Å². The topological polar surface area (TPSA) is 24.1 Å². The molecule has 0 amide bonds. The summed E-state index contributed by atoms with van der Waals surface area (Å²) in [6.45, 7) is 11.2. The van der Waals surface area contributed by atoms with Gasteiger partial charge in [-0.15, -0.1) is 0 Å². The molecule has 0 saturated carbocycles. The monoisotopic (exact) mass is 188 g/mol. The van der Waals surface area contributed by atoms with Gasteiger partial charge in [-0.05, 0) is 19.0 Å². The van der Waals surface area contributed by atoms with Gasteiger partial charge in [0.2, 0.25) is 0 Å². The van der Waals surface area contributed by atoms with Gasteiger partial charge in [0, 0.05) is 21.9 Å². The molecule has 0 aliphatic carbocycles. The summed E-state index contributed by atoms with van der Waals surface area (Å²) in [4.78, 5) is 0. The van der Waals surface area contributed by atoms with Crippen molar-refractivity contribution in [2.75, 3.05) is 20.1 Å². The van der Waals surface area contributed by atoms with Crippen LogP contribution in [0.4, 0.5) is 0 Å². The molecule has 0 aromatic carbocycles. The summed E-state index contributed by atoms with van der Waals surface area (Å²) in [7, 11) is 3.20. The Morgan fingerprint density at radius 2 is 1.75 bits per heavy atom. The van der Waals surface area contributed by atoms with Gasteiger partial charge in [-0.25, -0.2) is 0 Å². The molecule has 0 rings (SSSR count). The van der Waals surface area contributed by atoms with Crippen molar-refractivity contribution in [1.82, 2.24) is 10.6 Å². The predicted molar refractivity (Wildman–Crippen MR) is 59.7 cm³/mol. The van der Waals surface area contributed by atoms with Gasteiger partial charge in [0.25, 0.3) is 0 Å². The van der Waals surface area contributed by atoms with Crippen LogP contribution in [0.2, 0.25) is 0 Å². The molecule has 0 aromatic rings. The Bertz CT molecular complexity index is 123. The van der Waals surface area contributed by atoms with Gasteiger partial charge >= 0.3 is 0 Å². The van der Waals surface area contributed by atoms with E-state index in [9.17, 15) is 0 Å². The quantitative estimate of drug-likeness (QED) is 0.603. The Kier molecular flexibility index (Phi) is 4.44. The summed E-state index contributed by atoms with van der Waals surface area (Å²) in [5, 5.41) is 7.19. The highest BCUT2D eigenvalue weighted by Crippen LogP contribution is 2.26. The maximum absolute atomic E-state index is 3.60. The molecule has 0 aliphatic rings. The van der Waals surface area contributed by atoms with Gasteiger partial charge in [-0.2, -0.15) is 0 Å². The molecule has 0 fully saturated rings. The van der Waals surface area contributed by atoms with Gasteiger partial charge in [0.05, 0.1) is 0 Å². The van der Waals surface area contributed by atoms with Crippen molar-refractivity contribution in [3.63, 3.8) is 0 Å². The Labute approximate surface area is 79.9 Å². The zero-order valence-corrected chi connectivity index (χ0v) is 11.4. The fourth-order valence-electron chi connectivity index (χ4n) is 1.34. The van der Waals surface area contributed by atoms with Crippen molar-refractivity contribution in [1.29, 1.82) is 0 Å². The first kappa shape index (κ1) is 12.1. The Morgan fingerprint density at radius 3 is 2.00 bits per heavy atom. The SMILES string of the molecule is CCNC([SiH3])(CNC)C(C)(C)C. The third-order valence-electron chi connectivity index (χ3n) is 2.75. The highest BCUT2D eigenvalue weighted by molar-refractivity contribution is 6.16. The van der Waals surface area contributed by atoms with Gasteiger partial charge in [0.15, 0.2) is 0 Å². The highest BCUT2D eigenvalue weighted by Gasteiger charge is 2.35. The second kappa shape index (κ2) is 4.39. The largest absolute Gasteiger partial charge is 0.318 e. The second-order valence-corrected chi connectivity index (χ2v) is 6.35. The Balaban J connectivity index is 4.38. The molecule has 0 spiro atoms. The number of rotatable bonds is 4. The van der Waals surface area contributed by atoms with Crippen LogP contribution in [0.5, 0.6) is 0 Å². The van der Waals surface area contributed by atoms with Gasteiger partial charge in [-0.1, -0.05) is 27.7 Å². The maximum Gasteiger partial charge on any atom is 0.0304 e. The lowest BCUT2D eigenvalue weighted by Gasteiger charge is -2.43.